The normalized spacial score (nSPS) is 10.8. The van der Waals surface area contributed by atoms with Crippen LogP contribution >= 0.6 is 15.9 Å². The summed E-state index contributed by atoms with van der Waals surface area (Å²) in [5.41, 5.74) is 0.0685. The average molecular weight is 382 g/mol. The van der Waals surface area contributed by atoms with Gasteiger partial charge in [-0.2, -0.15) is 0 Å². The van der Waals surface area contributed by atoms with Crippen molar-refractivity contribution in [2.75, 3.05) is 12.4 Å². The molecule has 3 rings (SSSR count). The van der Waals surface area contributed by atoms with Crippen molar-refractivity contribution in [3.05, 3.63) is 46.7 Å². The molecule has 0 saturated heterocycles. The van der Waals surface area contributed by atoms with Crippen LogP contribution in [-0.2, 0) is 0 Å². The monoisotopic (exact) mass is 381 g/mol. The lowest BCUT2D eigenvalue weighted by molar-refractivity contribution is 0.374. The third-order valence-corrected chi connectivity index (χ3v) is 3.64. The number of methoxy groups -OCH3 is 1. The minimum Gasteiger partial charge on any atom is -0.504 e. The highest BCUT2D eigenvalue weighted by Gasteiger charge is 2.15. The zero-order valence-corrected chi connectivity index (χ0v) is 13.4. The molecule has 0 aliphatic heterocycles. The quantitative estimate of drug-likeness (QED) is 0.713. The number of halogens is 3. The number of nitrogens with one attached hydrogen (secondary N) is 1. The molecule has 1 heterocycles. The van der Waals surface area contributed by atoms with Gasteiger partial charge in [0.15, 0.2) is 23.1 Å². The van der Waals surface area contributed by atoms with E-state index in [4.69, 9.17) is 4.74 Å². The number of phenolic OH excluding ortho intramolecular Hbond substituents is 1. The van der Waals surface area contributed by atoms with Gasteiger partial charge in [-0.15, -0.1) is 0 Å². The number of hydrogen-bond acceptors (Lipinski definition) is 5. The molecule has 2 N–H and O–H groups in total. The van der Waals surface area contributed by atoms with Crippen LogP contribution in [0.25, 0.3) is 10.9 Å². The van der Waals surface area contributed by atoms with E-state index in [0.29, 0.717) is 10.9 Å². The summed E-state index contributed by atoms with van der Waals surface area (Å²) in [6, 6.07) is 5.15. The molecule has 0 fully saturated rings. The predicted molar refractivity (Wildman–Crippen MR) is 85.1 cm³/mol. The molecule has 0 atom stereocenters. The van der Waals surface area contributed by atoms with Crippen molar-refractivity contribution in [3.8, 4) is 11.5 Å². The summed E-state index contributed by atoms with van der Waals surface area (Å²) < 4.78 is 33.3. The Balaban J connectivity index is 2.14. The van der Waals surface area contributed by atoms with Crippen LogP contribution in [0.15, 0.2) is 35.1 Å². The molecule has 1 aromatic heterocycles. The first-order chi connectivity index (χ1) is 11.0. The van der Waals surface area contributed by atoms with E-state index in [1.54, 1.807) is 0 Å². The molecule has 118 valence electrons. The number of anilines is 2. The number of aromatic hydroxyl groups is 1. The second-order valence-electron chi connectivity index (χ2n) is 4.63. The molecule has 0 aliphatic rings. The summed E-state index contributed by atoms with van der Waals surface area (Å²) in [4.78, 5) is 8.02. The first-order valence-electron chi connectivity index (χ1n) is 6.43. The summed E-state index contributed by atoms with van der Waals surface area (Å²) in [6.07, 6.45) is 1.23. The van der Waals surface area contributed by atoms with Gasteiger partial charge in [-0.1, -0.05) is 15.9 Å². The number of hydrogen-bond donors (Lipinski definition) is 2. The van der Waals surface area contributed by atoms with Crippen LogP contribution < -0.4 is 10.1 Å². The fourth-order valence-electron chi connectivity index (χ4n) is 2.12. The Morgan fingerprint density at radius 3 is 2.48 bits per heavy atom. The van der Waals surface area contributed by atoms with Gasteiger partial charge < -0.3 is 15.2 Å². The summed E-state index contributed by atoms with van der Waals surface area (Å²) in [6.45, 7) is 0. The van der Waals surface area contributed by atoms with Gasteiger partial charge in [0.25, 0.3) is 0 Å². The highest BCUT2D eigenvalue weighted by atomic mass is 79.9. The molecule has 0 radical (unpaired) electrons. The van der Waals surface area contributed by atoms with Gasteiger partial charge >= 0.3 is 0 Å². The van der Waals surface area contributed by atoms with Crippen molar-refractivity contribution in [2.24, 2.45) is 0 Å². The van der Waals surface area contributed by atoms with E-state index in [0.717, 1.165) is 12.1 Å². The number of rotatable bonds is 3. The molecular formula is C15H10BrF2N3O2. The number of fused-ring (bicyclic) bond motifs is 1. The first kappa shape index (κ1) is 15.4. The van der Waals surface area contributed by atoms with Crippen LogP contribution in [0.4, 0.5) is 20.3 Å². The van der Waals surface area contributed by atoms with Gasteiger partial charge in [-0.05, 0) is 18.2 Å². The largest absolute Gasteiger partial charge is 0.504 e. The smallest absolute Gasteiger partial charge is 0.161 e. The van der Waals surface area contributed by atoms with Crippen LogP contribution in [0.1, 0.15) is 0 Å². The lowest BCUT2D eigenvalue weighted by atomic mass is 10.2. The SMILES string of the molecule is COc1cc2c(Nc3c(F)cc(Br)cc3F)ncnc2cc1O. The Kier molecular flexibility index (Phi) is 3.99. The Hall–Kier alpha value is -2.48. The van der Waals surface area contributed by atoms with E-state index in [2.05, 4.69) is 31.2 Å². The third-order valence-electron chi connectivity index (χ3n) is 3.19. The molecule has 0 amide bonds. The molecule has 8 heteroatoms. The fourth-order valence-corrected chi connectivity index (χ4v) is 2.52. The van der Waals surface area contributed by atoms with Crippen LogP contribution in [0.3, 0.4) is 0 Å². The highest BCUT2D eigenvalue weighted by Crippen LogP contribution is 2.34. The Bertz CT molecular complexity index is 882. The van der Waals surface area contributed by atoms with E-state index < -0.39 is 11.6 Å². The molecule has 5 nitrogen and oxygen atoms in total. The van der Waals surface area contributed by atoms with Crippen molar-refractivity contribution in [3.63, 3.8) is 0 Å². The summed E-state index contributed by atoms with van der Waals surface area (Å²) >= 11 is 3.02. The predicted octanol–water partition coefficient (Wildman–Crippen LogP) is 4.13. The average Bonchev–Trinajstić information content (AvgIpc) is 2.50. The van der Waals surface area contributed by atoms with Crippen molar-refractivity contribution in [1.29, 1.82) is 0 Å². The van der Waals surface area contributed by atoms with E-state index in [1.807, 2.05) is 0 Å². The Morgan fingerprint density at radius 2 is 1.83 bits per heavy atom. The highest BCUT2D eigenvalue weighted by molar-refractivity contribution is 9.10. The summed E-state index contributed by atoms with van der Waals surface area (Å²) in [7, 11) is 1.39. The number of phenols is 1. The van der Waals surface area contributed by atoms with Gasteiger partial charge in [-0.25, -0.2) is 18.7 Å². The van der Waals surface area contributed by atoms with E-state index in [1.165, 1.54) is 25.6 Å². The lowest BCUT2D eigenvalue weighted by Crippen LogP contribution is -2.01. The minimum atomic E-state index is -0.769. The van der Waals surface area contributed by atoms with Crippen molar-refractivity contribution in [2.45, 2.75) is 0 Å². The maximum absolute atomic E-state index is 14.0. The standard InChI is InChI=1S/C15H10BrF2N3O2/c1-23-13-4-8-11(5-12(13)22)19-6-20-15(8)21-14-9(17)2-7(16)3-10(14)18/h2-6,22H,1H3,(H,19,20,21). The number of ether oxygens (including phenoxy) is 1. The minimum absolute atomic E-state index is 0.0920. The molecule has 0 aliphatic carbocycles. The van der Waals surface area contributed by atoms with Gasteiger partial charge in [0.2, 0.25) is 0 Å². The third kappa shape index (κ3) is 2.89. The molecule has 23 heavy (non-hydrogen) atoms. The zero-order valence-electron chi connectivity index (χ0n) is 11.8. The van der Waals surface area contributed by atoms with E-state index in [-0.39, 0.29) is 27.5 Å². The maximum atomic E-state index is 14.0. The topological polar surface area (TPSA) is 67.3 Å². The molecule has 0 saturated carbocycles. The number of benzene rings is 2. The zero-order chi connectivity index (χ0) is 16.6. The lowest BCUT2D eigenvalue weighted by Gasteiger charge is -2.12. The van der Waals surface area contributed by atoms with Gasteiger partial charge in [-0.3, -0.25) is 0 Å². The maximum Gasteiger partial charge on any atom is 0.161 e. The van der Waals surface area contributed by atoms with Crippen molar-refractivity contribution >= 4 is 38.3 Å². The van der Waals surface area contributed by atoms with Crippen LogP contribution in [0.5, 0.6) is 11.5 Å². The van der Waals surface area contributed by atoms with Crippen molar-refractivity contribution in [1.82, 2.24) is 9.97 Å². The van der Waals surface area contributed by atoms with Gasteiger partial charge in [0.05, 0.1) is 12.6 Å². The van der Waals surface area contributed by atoms with Crippen LogP contribution in [0, 0.1) is 11.6 Å². The Morgan fingerprint density at radius 1 is 1.13 bits per heavy atom. The molecule has 3 aromatic rings. The molecular weight excluding hydrogens is 372 g/mol. The van der Waals surface area contributed by atoms with Crippen molar-refractivity contribution < 1.29 is 18.6 Å². The van der Waals surface area contributed by atoms with Crippen LogP contribution in [-0.4, -0.2) is 22.2 Å². The molecule has 0 unspecified atom stereocenters. The summed E-state index contributed by atoms with van der Waals surface area (Å²) in [5.74, 6) is -1.24. The number of aromatic nitrogens is 2. The van der Waals surface area contributed by atoms with E-state index in [9.17, 15) is 13.9 Å². The Labute approximate surface area is 138 Å². The summed E-state index contributed by atoms with van der Waals surface area (Å²) in [5, 5.41) is 12.8. The molecule has 2 aromatic carbocycles. The number of nitrogens with zero attached hydrogens (tertiary/aromatic N) is 2. The molecule has 0 bridgehead atoms. The van der Waals surface area contributed by atoms with E-state index >= 15 is 0 Å². The first-order valence-corrected chi connectivity index (χ1v) is 7.22. The second-order valence-corrected chi connectivity index (χ2v) is 5.55. The molecule has 0 spiro atoms. The van der Waals surface area contributed by atoms with Gasteiger partial charge in [0.1, 0.15) is 17.8 Å². The van der Waals surface area contributed by atoms with Gasteiger partial charge in [0, 0.05) is 15.9 Å². The second kappa shape index (κ2) is 5.96. The van der Waals surface area contributed by atoms with Crippen LogP contribution in [0.2, 0.25) is 0 Å². The fraction of sp³-hybridized carbons (Fsp3) is 0.0667.